The van der Waals surface area contributed by atoms with Crippen LogP contribution in [0.15, 0.2) is 34.9 Å². The lowest BCUT2D eigenvalue weighted by Crippen LogP contribution is -2.39. The third kappa shape index (κ3) is 3.12. The Labute approximate surface area is 135 Å². The molecule has 1 aliphatic heterocycles. The molecule has 1 aromatic carbocycles. The van der Waals surface area contributed by atoms with Gasteiger partial charge in [-0.3, -0.25) is 4.79 Å². The molecule has 1 aliphatic rings. The van der Waals surface area contributed by atoms with Crippen LogP contribution in [-0.2, 0) is 16.0 Å². The zero-order valence-corrected chi connectivity index (χ0v) is 12.5. The van der Waals surface area contributed by atoms with Crippen molar-refractivity contribution in [3.05, 3.63) is 42.0 Å². The van der Waals surface area contributed by atoms with Crippen LogP contribution in [-0.4, -0.2) is 45.6 Å². The van der Waals surface area contributed by atoms with Gasteiger partial charge in [0.05, 0.1) is 18.7 Å². The van der Waals surface area contributed by atoms with Crippen molar-refractivity contribution in [1.82, 2.24) is 9.88 Å². The zero-order valence-electron chi connectivity index (χ0n) is 12.5. The Morgan fingerprint density at radius 3 is 2.67 bits per heavy atom. The van der Waals surface area contributed by atoms with Crippen LogP contribution < -0.4 is 0 Å². The number of nitrogens with zero attached hydrogens (tertiary/aromatic N) is 2. The highest BCUT2D eigenvalue weighted by Gasteiger charge is 2.46. The van der Waals surface area contributed by atoms with E-state index in [1.165, 1.54) is 35.4 Å². The van der Waals surface area contributed by atoms with Crippen molar-refractivity contribution in [3.8, 4) is 11.5 Å². The molecule has 1 atom stereocenters. The number of hydrogen-bond donors (Lipinski definition) is 1. The summed E-state index contributed by atoms with van der Waals surface area (Å²) in [6.07, 6.45) is 0.945. The molecule has 0 aliphatic carbocycles. The van der Waals surface area contributed by atoms with Crippen molar-refractivity contribution < 1.29 is 27.9 Å². The number of alkyl halides is 1. The van der Waals surface area contributed by atoms with Gasteiger partial charge in [-0.15, -0.1) is 0 Å². The molecular weight excluding hydrogens is 322 g/mol. The first-order valence-electron chi connectivity index (χ1n) is 7.28. The van der Waals surface area contributed by atoms with Crippen LogP contribution in [0, 0.1) is 5.82 Å². The van der Waals surface area contributed by atoms with Crippen LogP contribution in [0.25, 0.3) is 11.5 Å². The first kappa shape index (κ1) is 16.1. The molecule has 1 N–H and O–H groups in total. The lowest BCUT2D eigenvalue weighted by molar-refractivity contribution is -0.150. The van der Waals surface area contributed by atoms with E-state index in [9.17, 15) is 18.4 Å². The summed E-state index contributed by atoms with van der Waals surface area (Å²) >= 11 is 0. The van der Waals surface area contributed by atoms with Gasteiger partial charge in [0.2, 0.25) is 17.5 Å². The second-order valence-electron chi connectivity index (χ2n) is 5.66. The molecule has 0 spiro atoms. The number of aliphatic carboxylic acids is 1. The molecule has 2 aromatic rings. The maximum atomic E-state index is 14.0. The Hall–Kier alpha value is -2.77. The molecule has 6 nitrogen and oxygen atoms in total. The van der Waals surface area contributed by atoms with Crippen molar-refractivity contribution >= 4 is 11.9 Å². The molecular formula is C16H14F2N2O4. The predicted octanol–water partition coefficient (Wildman–Crippen LogP) is 2.05. The molecule has 1 fully saturated rings. The monoisotopic (exact) mass is 336 g/mol. The summed E-state index contributed by atoms with van der Waals surface area (Å²) in [5.74, 6) is -2.12. The number of hydrogen-bond acceptors (Lipinski definition) is 4. The zero-order chi connectivity index (χ0) is 17.3. The average Bonchev–Trinajstić information content (AvgIpc) is 3.16. The van der Waals surface area contributed by atoms with Crippen molar-refractivity contribution in [3.63, 3.8) is 0 Å². The first-order chi connectivity index (χ1) is 11.4. The summed E-state index contributed by atoms with van der Waals surface area (Å²) in [7, 11) is 0. The fourth-order valence-corrected chi connectivity index (χ4v) is 2.54. The van der Waals surface area contributed by atoms with E-state index in [0.717, 1.165) is 0 Å². The number of carbonyl (C=O) groups excluding carboxylic acids is 1. The third-order valence-corrected chi connectivity index (χ3v) is 3.93. The van der Waals surface area contributed by atoms with E-state index in [2.05, 4.69) is 4.98 Å². The fourth-order valence-electron chi connectivity index (χ4n) is 2.54. The van der Waals surface area contributed by atoms with Crippen LogP contribution in [0.2, 0.25) is 0 Å². The second kappa shape index (κ2) is 6.03. The quantitative estimate of drug-likeness (QED) is 0.924. The van der Waals surface area contributed by atoms with Gasteiger partial charge in [-0.25, -0.2) is 18.6 Å². The smallest absolute Gasteiger partial charge is 0.343 e. The van der Waals surface area contributed by atoms with E-state index in [-0.39, 0.29) is 31.1 Å². The Morgan fingerprint density at radius 2 is 2.04 bits per heavy atom. The number of carbonyl (C=O) groups is 2. The molecule has 2 heterocycles. The summed E-state index contributed by atoms with van der Waals surface area (Å²) in [6.45, 7) is -0.422. The van der Waals surface area contributed by atoms with Crippen LogP contribution in [0.3, 0.4) is 0 Å². The molecule has 0 saturated carbocycles. The molecule has 1 saturated heterocycles. The van der Waals surface area contributed by atoms with Gasteiger partial charge in [0.15, 0.2) is 0 Å². The standard InChI is InChI=1S/C16H14F2N2O4/c17-11-3-1-10(2-4-11)14-19-12(8-24-14)7-13(21)20-6-5-16(18,9-20)15(22)23/h1-4,8H,5-7,9H2,(H,22,23). The molecule has 1 unspecified atom stereocenters. The molecule has 24 heavy (non-hydrogen) atoms. The highest BCUT2D eigenvalue weighted by molar-refractivity contribution is 5.83. The van der Waals surface area contributed by atoms with Gasteiger partial charge >= 0.3 is 5.97 Å². The van der Waals surface area contributed by atoms with Gasteiger partial charge in [0, 0.05) is 18.5 Å². The van der Waals surface area contributed by atoms with Gasteiger partial charge in [0.1, 0.15) is 12.1 Å². The van der Waals surface area contributed by atoms with Crippen LogP contribution in [0.5, 0.6) is 0 Å². The number of carboxylic acid groups (broad SMARTS) is 1. The highest BCUT2D eigenvalue weighted by atomic mass is 19.1. The minimum absolute atomic E-state index is 0.0459. The molecule has 1 amide bonds. The van der Waals surface area contributed by atoms with Crippen molar-refractivity contribution in [2.24, 2.45) is 0 Å². The van der Waals surface area contributed by atoms with Gasteiger partial charge in [0.25, 0.3) is 0 Å². The second-order valence-corrected chi connectivity index (χ2v) is 5.66. The van der Waals surface area contributed by atoms with Gasteiger partial charge < -0.3 is 14.4 Å². The molecule has 0 bridgehead atoms. The fraction of sp³-hybridized carbons (Fsp3) is 0.312. The van der Waals surface area contributed by atoms with Gasteiger partial charge in [-0.1, -0.05) is 0 Å². The number of oxazole rings is 1. The van der Waals surface area contributed by atoms with Crippen molar-refractivity contribution in [1.29, 1.82) is 0 Å². The minimum atomic E-state index is -2.39. The number of benzene rings is 1. The van der Waals surface area contributed by atoms with E-state index in [1.54, 1.807) is 0 Å². The number of amides is 1. The summed E-state index contributed by atoms with van der Waals surface area (Å²) in [4.78, 5) is 28.3. The van der Waals surface area contributed by atoms with E-state index in [4.69, 9.17) is 9.52 Å². The average molecular weight is 336 g/mol. The molecule has 3 rings (SSSR count). The van der Waals surface area contributed by atoms with E-state index in [0.29, 0.717) is 11.3 Å². The van der Waals surface area contributed by atoms with Crippen LogP contribution >= 0.6 is 0 Å². The number of rotatable bonds is 4. The number of likely N-dealkylation sites (tertiary alicyclic amines) is 1. The lowest BCUT2D eigenvalue weighted by atomic mass is 10.1. The maximum Gasteiger partial charge on any atom is 0.343 e. The number of carboxylic acids is 1. The molecule has 0 radical (unpaired) electrons. The van der Waals surface area contributed by atoms with E-state index < -0.39 is 24.1 Å². The predicted molar refractivity (Wildman–Crippen MR) is 78.3 cm³/mol. The van der Waals surface area contributed by atoms with Crippen molar-refractivity contribution in [2.75, 3.05) is 13.1 Å². The Morgan fingerprint density at radius 1 is 1.33 bits per heavy atom. The molecule has 1 aromatic heterocycles. The first-order valence-corrected chi connectivity index (χ1v) is 7.28. The highest BCUT2D eigenvalue weighted by Crippen LogP contribution is 2.26. The third-order valence-electron chi connectivity index (χ3n) is 3.93. The Kier molecular flexibility index (Phi) is 4.04. The maximum absolute atomic E-state index is 14.0. The minimum Gasteiger partial charge on any atom is -0.479 e. The van der Waals surface area contributed by atoms with Gasteiger partial charge in [-0.05, 0) is 24.3 Å². The van der Waals surface area contributed by atoms with E-state index in [1.807, 2.05) is 0 Å². The SMILES string of the molecule is O=C(Cc1coc(-c2ccc(F)cc2)n1)N1CCC(F)(C(=O)O)C1. The summed E-state index contributed by atoms with van der Waals surface area (Å²) in [5.41, 5.74) is -1.49. The molecule has 8 heteroatoms. The summed E-state index contributed by atoms with van der Waals surface area (Å²) in [6, 6.07) is 5.53. The summed E-state index contributed by atoms with van der Waals surface area (Å²) in [5, 5.41) is 8.84. The number of aromatic nitrogens is 1. The largest absolute Gasteiger partial charge is 0.479 e. The summed E-state index contributed by atoms with van der Waals surface area (Å²) < 4.78 is 32.1. The number of halogens is 2. The van der Waals surface area contributed by atoms with E-state index >= 15 is 0 Å². The normalized spacial score (nSPS) is 20.3. The van der Waals surface area contributed by atoms with Crippen LogP contribution in [0.4, 0.5) is 8.78 Å². The van der Waals surface area contributed by atoms with Gasteiger partial charge in [-0.2, -0.15) is 0 Å². The molecule has 126 valence electrons. The lowest BCUT2D eigenvalue weighted by Gasteiger charge is -2.17. The Balaban J connectivity index is 1.66. The Bertz CT molecular complexity index is 775. The topological polar surface area (TPSA) is 83.6 Å². The van der Waals surface area contributed by atoms with Crippen molar-refractivity contribution in [2.45, 2.75) is 18.5 Å². The van der Waals surface area contributed by atoms with Crippen LogP contribution in [0.1, 0.15) is 12.1 Å².